The lowest BCUT2D eigenvalue weighted by molar-refractivity contribution is -0.144. The van der Waals surface area contributed by atoms with Crippen molar-refractivity contribution in [1.82, 2.24) is 10.3 Å². The zero-order chi connectivity index (χ0) is 25.2. The van der Waals surface area contributed by atoms with Gasteiger partial charge in [0.1, 0.15) is 0 Å². The van der Waals surface area contributed by atoms with Crippen molar-refractivity contribution in [1.29, 1.82) is 0 Å². The number of aliphatic hydroxyl groups is 2. The molecule has 196 valence electrons. The zero-order valence-electron chi connectivity index (χ0n) is 21.6. The van der Waals surface area contributed by atoms with Gasteiger partial charge in [-0.1, -0.05) is 46.5 Å². The van der Waals surface area contributed by atoms with E-state index in [0.29, 0.717) is 30.8 Å². The first-order valence-electron chi connectivity index (χ1n) is 13.6. The first-order valence-corrected chi connectivity index (χ1v) is 14.4. The molecule has 35 heavy (non-hydrogen) atoms. The number of hydrogen-bond acceptors (Lipinski definition) is 6. The average molecular weight is 506 g/mol. The number of rotatable bonds is 9. The summed E-state index contributed by atoms with van der Waals surface area (Å²) in [5.41, 5.74) is 0.0156. The number of nitrogens with zero attached hydrogens (tertiary/aromatic N) is 1. The molecule has 1 aromatic heterocycles. The highest BCUT2D eigenvalue weighted by atomic mass is 32.1. The second-order valence-corrected chi connectivity index (χ2v) is 12.7. The summed E-state index contributed by atoms with van der Waals surface area (Å²) in [5, 5.41) is 28.2. The van der Waals surface area contributed by atoms with Crippen LogP contribution in [0.25, 0.3) is 0 Å². The second-order valence-electron chi connectivity index (χ2n) is 11.6. The zero-order valence-corrected chi connectivity index (χ0v) is 22.4. The van der Waals surface area contributed by atoms with Crippen LogP contribution in [0.5, 0.6) is 0 Å². The maximum atomic E-state index is 13.2. The summed E-state index contributed by atoms with van der Waals surface area (Å²) in [5.74, 6) is -0.0453. The van der Waals surface area contributed by atoms with Crippen molar-refractivity contribution in [3.63, 3.8) is 0 Å². The van der Waals surface area contributed by atoms with Crippen LogP contribution in [0.2, 0.25) is 0 Å². The highest BCUT2D eigenvalue weighted by Crippen LogP contribution is 2.62. The van der Waals surface area contributed by atoms with Crippen LogP contribution in [0.15, 0.2) is 0 Å². The van der Waals surface area contributed by atoms with Gasteiger partial charge < -0.3 is 20.8 Å². The fourth-order valence-electron chi connectivity index (χ4n) is 6.96. The molecule has 0 bridgehead atoms. The quantitative estimate of drug-likeness (QED) is 0.369. The molecule has 4 N–H and O–H groups in total. The van der Waals surface area contributed by atoms with Gasteiger partial charge in [-0.15, -0.1) is 11.3 Å². The molecule has 8 heteroatoms. The molecular formula is C27H43N3O4S. The van der Waals surface area contributed by atoms with Gasteiger partial charge in [-0.25, -0.2) is 4.98 Å². The summed E-state index contributed by atoms with van der Waals surface area (Å²) in [4.78, 5) is 31.7. The van der Waals surface area contributed by atoms with Crippen molar-refractivity contribution in [3.05, 3.63) is 10.6 Å². The molecule has 3 aliphatic rings. The van der Waals surface area contributed by atoms with Crippen molar-refractivity contribution < 1.29 is 19.8 Å². The normalized spacial score (nSPS) is 32.7. The number of unbranched alkanes of at least 4 members (excludes halogenated alkanes) is 2. The second kappa shape index (κ2) is 10.9. The van der Waals surface area contributed by atoms with Crippen molar-refractivity contribution >= 4 is 28.3 Å². The average Bonchev–Trinajstić information content (AvgIpc) is 3.47. The molecule has 0 saturated heterocycles. The molecule has 2 saturated carbocycles. The van der Waals surface area contributed by atoms with E-state index in [1.54, 1.807) is 0 Å². The minimum atomic E-state index is -0.640. The fraction of sp³-hybridized carbons (Fsp3) is 0.815. The number of anilines is 1. The number of aromatic nitrogens is 1. The number of hydrogen-bond donors (Lipinski definition) is 4. The van der Waals surface area contributed by atoms with Gasteiger partial charge in [-0.05, 0) is 49.9 Å². The molecule has 0 aliphatic heterocycles. The third-order valence-electron chi connectivity index (χ3n) is 9.26. The van der Waals surface area contributed by atoms with Gasteiger partial charge in [0.25, 0.3) is 0 Å². The lowest BCUT2D eigenvalue weighted by Gasteiger charge is -2.58. The van der Waals surface area contributed by atoms with Crippen molar-refractivity contribution in [3.8, 4) is 0 Å². The minimum Gasteiger partial charge on any atom is -0.396 e. The Morgan fingerprint density at radius 1 is 1.14 bits per heavy atom. The van der Waals surface area contributed by atoms with E-state index in [9.17, 15) is 19.8 Å². The Morgan fingerprint density at radius 3 is 2.57 bits per heavy atom. The first-order chi connectivity index (χ1) is 16.7. The van der Waals surface area contributed by atoms with Gasteiger partial charge in [0.15, 0.2) is 5.13 Å². The van der Waals surface area contributed by atoms with Gasteiger partial charge in [0.05, 0.1) is 18.4 Å². The van der Waals surface area contributed by atoms with Crippen molar-refractivity contribution in [2.45, 2.75) is 116 Å². The van der Waals surface area contributed by atoms with Crippen LogP contribution >= 0.6 is 11.3 Å². The van der Waals surface area contributed by atoms with Gasteiger partial charge in [0, 0.05) is 35.1 Å². The molecule has 2 fully saturated rings. The predicted molar refractivity (Wildman–Crippen MR) is 138 cm³/mol. The van der Waals surface area contributed by atoms with Gasteiger partial charge >= 0.3 is 0 Å². The number of carbonyl (C=O) groups is 2. The number of nitrogens with one attached hydrogen (secondary N) is 2. The first kappa shape index (κ1) is 26.6. The molecule has 1 aromatic rings. The monoisotopic (exact) mass is 505 g/mol. The van der Waals surface area contributed by atoms with E-state index in [1.165, 1.54) is 24.2 Å². The molecule has 0 radical (unpaired) electrons. The number of fused-ring (bicyclic) bond motifs is 2. The molecule has 0 spiro atoms. The molecule has 0 unspecified atom stereocenters. The summed E-state index contributed by atoms with van der Waals surface area (Å²) in [6, 6.07) is 0.262. The summed E-state index contributed by atoms with van der Waals surface area (Å²) >= 11 is 1.50. The van der Waals surface area contributed by atoms with Crippen LogP contribution in [-0.2, 0) is 16.0 Å². The SMILES string of the molecule is CCCCCC(=O)Nc1nc2c(s1)C[C@H]1[C@](C)(CO)[C@H](O)CC[C@@]1(C)[C@@H]2CC(=O)NC1CCCC1. The predicted octanol–water partition coefficient (Wildman–Crippen LogP) is 4.53. The van der Waals surface area contributed by atoms with Crippen LogP contribution < -0.4 is 10.6 Å². The Balaban J connectivity index is 1.62. The number of thiazole rings is 1. The third kappa shape index (κ3) is 5.30. The summed E-state index contributed by atoms with van der Waals surface area (Å²) < 4.78 is 0. The lowest BCUT2D eigenvalue weighted by Crippen LogP contribution is -2.57. The lowest BCUT2D eigenvalue weighted by atomic mass is 9.47. The van der Waals surface area contributed by atoms with Crippen LogP contribution in [-0.4, -0.2) is 45.8 Å². The maximum Gasteiger partial charge on any atom is 0.226 e. The molecule has 2 amide bonds. The maximum absolute atomic E-state index is 13.2. The van der Waals surface area contributed by atoms with Crippen molar-refractivity contribution in [2.24, 2.45) is 16.7 Å². The Bertz CT molecular complexity index is 914. The van der Waals surface area contributed by atoms with E-state index in [4.69, 9.17) is 4.98 Å². The summed E-state index contributed by atoms with van der Waals surface area (Å²) in [7, 11) is 0. The summed E-state index contributed by atoms with van der Waals surface area (Å²) in [6.45, 7) is 6.23. The van der Waals surface area contributed by atoms with E-state index in [1.807, 2.05) is 6.92 Å². The Morgan fingerprint density at radius 2 is 1.89 bits per heavy atom. The van der Waals surface area contributed by atoms with Crippen LogP contribution in [0, 0.1) is 16.7 Å². The Labute approximate surface area is 213 Å². The minimum absolute atomic E-state index is 0.0145. The van der Waals surface area contributed by atoms with E-state index in [2.05, 4.69) is 24.5 Å². The van der Waals surface area contributed by atoms with Gasteiger partial charge in [0.2, 0.25) is 11.8 Å². The smallest absolute Gasteiger partial charge is 0.226 e. The van der Waals surface area contributed by atoms with Gasteiger partial charge in [-0.3, -0.25) is 9.59 Å². The van der Waals surface area contributed by atoms with Crippen molar-refractivity contribution in [2.75, 3.05) is 11.9 Å². The van der Waals surface area contributed by atoms with Gasteiger partial charge in [-0.2, -0.15) is 0 Å². The summed E-state index contributed by atoms with van der Waals surface area (Å²) in [6.07, 6.45) is 9.72. The highest BCUT2D eigenvalue weighted by Gasteiger charge is 2.59. The molecule has 4 rings (SSSR count). The fourth-order valence-corrected chi connectivity index (χ4v) is 8.04. The molecule has 0 aromatic carbocycles. The number of aliphatic hydroxyl groups excluding tert-OH is 2. The van der Waals surface area contributed by atoms with E-state index < -0.39 is 11.5 Å². The number of amides is 2. The molecular weight excluding hydrogens is 462 g/mol. The molecule has 1 heterocycles. The van der Waals surface area contributed by atoms with Crippen LogP contribution in [0.4, 0.5) is 5.13 Å². The Hall–Kier alpha value is -1.51. The van der Waals surface area contributed by atoms with E-state index in [-0.39, 0.29) is 41.7 Å². The topological polar surface area (TPSA) is 112 Å². The molecule has 3 aliphatic carbocycles. The number of carbonyl (C=O) groups excluding carboxylic acids is 2. The molecule has 7 nitrogen and oxygen atoms in total. The highest BCUT2D eigenvalue weighted by molar-refractivity contribution is 7.15. The molecule has 5 atom stereocenters. The Kier molecular flexibility index (Phi) is 8.23. The standard InChI is InChI=1S/C27H43N3O4S/c1-4-5-6-11-22(33)29-25-30-24-18(14-23(34)28-17-9-7-8-10-17)26(2)13-12-21(32)27(3,16-31)20(26)15-19(24)35-25/h17-18,20-21,31-32H,4-16H2,1-3H3,(H,28,34)(H,29,30,33)/t18-,20-,21-,26+,27+/m1/s1. The van der Waals surface area contributed by atoms with Crippen LogP contribution in [0.1, 0.15) is 108 Å². The van der Waals surface area contributed by atoms with E-state index >= 15 is 0 Å². The largest absolute Gasteiger partial charge is 0.396 e. The van der Waals surface area contributed by atoms with Crippen LogP contribution in [0.3, 0.4) is 0 Å². The third-order valence-corrected chi connectivity index (χ3v) is 10.3. The van der Waals surface area contributed by atoms with E-state index in [0.717, 1.165) is 49.1 Å².